The van der Waals surface area contributed by atoms with Crippen LogP contribution in [0.1, 0.15) is 17.4 Å². The maximum Gasteiger partial charge on any atom is 0.276 e. The van der Waals surface area contributed by atoms with Gasteiger partial charge in [-0.15, -0.1) is 10.2 Å². The van der Waals surface area contributed by atoms with Crippen molar-refractivity contribution in [2.45, 2.75) is 24.5 Å². The molecule has 0 aliphatic carbocycles. The summed E-state index contributed by atoms with van der Waals surface area (Å²) in [6.45, 7) is 2.98. The predicted octanol–water partition coefficient (Wildman–Crippen LogP) is 2.86. The van der Waals surface area contributed by atoms with Crippen molar-refractivity contribution in [3.63, 3.8) is 0 Å². The van der Waals surface area contributed by atoms with Gasteiger partial charge in [-0.3, -0.25) is 0 Å². The van der Waals surface area contributed by atoms with Crippen LogP contribution in [-0.4, -0.2) is 42.7 Å². The number of aromatic nitrogens is 2. The second-order valence-corrected chi connectivity index (χ2v) is 8.16. The molecule has 3 aromatic rings. The molecule has 6 nitrogen and oxygen atoms in total. The van der Waals surface area contributed by atoms with Crippen molar-refractivity contribution in [1.82, 2.24) is 10.2 Å². The SMILES string of the molecule is Cc1ccc(-c2nnc(SC[C@H]3C[NH2+][C@H](c4ccc(N(C)C)cc4)O3)o2)cc1. The highest BCUT2D eigenvalue weighted by atomic mass is 32.2. The third kappa shape index (κ3) is 4.38. The molecule has 1 aliphatic rings. The van der Waals surface area contributed by atoms with Crippen LogP contribution < -0.4 is 10.2 Å². The molecule has 146 valence electrons. The van der Waals surface area contributed by atoms with Gasteiger partial charge in [0.1, 0.15) is 12.6 Å². The van der Waals surface area contributed by atoms with Crippen LogP contribution in [0.15, 0.2) is 58.2 Å². The monoisotopic (exact) mass is 397 g/mol. The van der Waals surface area contributed by atoms with Gasteiger partial charge in [0, 0.05) is 36.7 Å². The summed E-state index contributed by atoms with van der Waals surface area (Å²) in [5.74, 6) is 1.35. The van der Waals surface area contributed by atoms with Gasteiger partial charge in [-0.25, -0.2) is 0 Å². The van der Waals surface area contributed by atoms with Crippen LogP contribution in [0.25, 0.3) is 11.5 Å². The Morgan fingerprint density at radius 2 is 1.82 bits per heavy atom. The Bertz CT molecular complexity index is 909. The average molecular weight is 398 g/mol. The van der Waals surface area contributed by atoms with E-state index >= 15 is 0 Å². The maximum atomic E-state index is 6.19. The molecule has 0 unspecified atom stereocenters. The summed E-state index contributed by atoms with van der Waals surface area (Å²) < 4.78 is 12.0. The van der Waals surface area contributed by atoms with Crippen molar-refractivity contribution in [3.8, 4) is 11.5 Å². The molecular formula is C21H25N4O2S+. The van der Waals surface area contributed by atoms with Gasteiger partial charge in [0.25, 0.3) is 5.22 Å². The molecule has 1 saturated heterocycles. The molecule has 0 bridgehead atoms. The molecule has 0 amide bonds. The van der Waals surface area contributed by atoms with Crippen LogP contribution in [0.2, 0.25) is 0 Å². The van der Waals surface area contributed by atoms with E-state index in [0.717, 1.165) is 17.9 Å². The molecule has 2 N–H and O–H groups in total. The third-order valence-corrected chi connectivity index (χ3v) is 5.74. The van der Waals surface area contributed by atoms with Gasteiger partial charge in [-0.1, -0.05) is 29.5 Å². The van der Waals surface area contributed by atoms with Crippen molar-refractivity contribution in [1.29, 1.82) is 0 Å². The van der Waals surface area contributed by atoms with Crippen LogP contribution in [-0.2, 0) is 4.74 Å². The second kappa shape index (κ2) is 8.34. The zero-order valence-corrected chi connectivity index (χ0v) is 17.1. The number of hydrogen-bond donors (Lipinski definition) is 1. The topological polar surface area (TPSA) is 68.0 Å². The molecule has 0 radical (unpaired) electrons. The van der Waals surface area contributed by atoms with E-state index in [9.17, 15) is 0 Å². The second-order valence-electron chi connectivity index (χ2n) is 7.19. The Hall–Kier alpha value is -2.35. The molecule has 2 aromatic carbocycles. The fraction of sp³-hybridized carbons (Fsp3) is 0.333. The molecule has 0 saturated carbocycles. The third-order valence-electron chi connectivity index (χ3n) is 4.79. The number of quaternary nitrogens is 1. The van der Waals surface area contributed by atoms with E-state index < -0.39 is 0 Å². The molecule has 7 heteroatoms. The molecule has 2 atom stereocenters. The first-order valence-corrected chi connectivity index (χ1v) is 10.4. The minimum Gasteiger partial charge on any atom is -0.411 e. The normalized spacial score (nSPS) is 19.1. The highest BCUT2D eigenvalue weighted by Gasteiger charge is 2.30. The molecule has 1 fully saturated rings. The first-order chi connectivity index (χ1) is 13.6. The standard InChI is InChI=1S/C21H24N4O2S/c1-14-4-6-16(7-5-14)20-23-24-21(27-20)28-13-18-12-22-19(26-18)15-8-10-17(11-9-15)25(2)3/h4-11,18-19,22H,12-13H2,1-3H3/p+1/t18-,19+/m1/s1. The summed E-state index contributed by atoms with van der Waals surface area (Å²) in [4.78, 5) is 2.09. The lowest BCUT2D eigenvalue weighted by atomic mass is 10.1. The fourth-order valence-electron chi connectivity index (χ4n) is 3.12. The highest BCUT2D eigenvalue weighted by molar-refractivity contribution is 7.99. The molecule has 2 heterocycles. The zero-order valence-electron chi connectivity index (χ0n) is 16.3. The summed E-state index contributed by atoms with van der Waals surface area (Å²) in [5.41, 5.74) is 4.53. The number of anilines is 1. The molecular weight excluding hydrogens is 372 g/mol. The number of hydrogen-bond acceptors (Lipinski definition) is 6. The van der Waals surface area contributed by atoms with E-state index in [1.165, 1.54) is 16.8 Å². The maximum absolute atomic E-state index is 6.19. The lowest BCUT2D eigenvalue weighted by Crippen LogP contribution is -2.82. The molecule has 0 spiro atoms. The minimum atomic E-state index is 0.0487. The van der Waals surface area contributed by atoms with Gasteiger partial charge >= 0.3 is 0 Å². The summed E-state index contributed by atoms with van der Waals surface area (Å²) in [5, 5.41) is 11.1. The van der Waals surface area contributed by atoms with Crippen molar-refractivity contribution >= 4 is 17.4 Å². The first-order valence-electron chi connectivity index (χ1n) is 9.38. The smallest absolute Gasteiger partial charge is 0.276 e. The Labute approximate surface area is 169 Å². The van der Waals surface area contributed by atoms with Crippen molar-refractivity contribution in [3.05, 3.63) is 59.7 Å². The summed E-state index contributed by atoms with van der Waals surface area (Å²) >= 11 is 1.55. The van der Waals surface area contributed by atoms with E-state index in [1.807, 2.05) is 38.4 Å². The Morgan fingerprint density at radius 1 is 1.07 bits per heavy atom. The predicted molar refractivity (Wildman–Crippen MR) is 110 cm³/mol. The Kier molecular flexibility index (Phi) is 5.66. The van der Waals surface area contributed by atoms with Crippen LogP contribution in [0.5, 0.6) is 0 Å². The summed E-state index contributed by atoms with van der Waals surface area (Å²) in [7, 11) is 4.09. The lowest BCUT2D eigenvalue weighted by Gasteiger charge is -2.14. The van der Waals surface area contributed by atoms with E-state index in [0.29, 0.717) is 11.1 Å². The van der Waals surface area contributed by atoms with Crippen molar-refractivity contribution < 1.29 is 14.5 Å². The number of thioether (sulfide) groups is 1. The molecule has 1 aromatic heterocycles. The van der Waals surface area contributed by atoms with Gasteiger partial charge in [-0.05, 0) is 43.3 Å². The quantitative estimate of drug-likeness (QED) is 0.645. The number of rotatable bonds is 6. The number of ether oxygens (including phenoxy) is 1. The number of nitrogens with zero attached hydrogens (tertiary/aromatic N) is 3. The van der Waals surface area contributed by atoms with Gasteiger partial charge in [0.05, 0.1) is 0 Å². The Morgan fingerprint density at radius 3 is 2.54 bits per heavy atom. The molecule has 1 aliphatic heterocycles. The first kappa shape index (κ1) is 19.0. The fourth-order valence-corrected chi connectivity index (χ4v) is 3.90. The van der Waals surface area contributed by atoms with Gasteiger partial charge in [-0.2, -0.15) is 0 Å². The minimum absolute atomic E-state index is 0.0487. The lowest BCUT2D eigenvalue weighted by molar-refractivity contribution is -0.697. The summed E-state index contributed by atoms with van der Waals surface area (Å²) in [6, 6.07) is 16.6. The van der Waals surface area contributed by atoms with Gasteiger partial charge in [0.15, 0.2) is 0 Å². The van der Waals surface area contributed by atoms with E-state index in [4.69, 9.17) is 9.15 Å². The van der Waals surface area contributed by atoms with E-state index in [1.54, 1.807) is 11.8 Å². The largest absolute Gasteiger partial charge is 0.411 e. The molecule has 28 heavy (non-hydrogen) atoms. The summed E-state index contributed by atoms with van der Waals surface area (Å²) in [6.07, 6.45) is 0.200. The van der Waals surface area contributed by atoms with Crippen LogP contribution in [0.4, 0.5) is 5.69 Å². The zero-order chi connectivity index (χ0) is 19.5. The van der Waals surface area contributed by atoms with Gasteiger partial charge in [0.2, 0.25) is 12.1 Å². The number of benzene rings is 2. The number of aryl methyl sites for hydroxylation is 1. The van der Waals surface area contributed by atoms with Crippen LogP contribution in [0, 0.1) is 6.92 Å². The van der Waals surface area contributed by atoms with Crippen LogP contribution >= 0.6 is 11.8 Å². The van der Waals surface area contributed by atoms with E-state index in [2.05, 4.69) is 51.6 Å². The van der Waals surface area contributed by atoms with Crippen LogP contribution in [0.3, 0.4) is 0 Å². The van der Waals surface area contributed by atoms with E-state index in [-0.39, 0.29) is 12.3 Å². The highest BCUT2D eigenvalue weighted by Crippen LogP contribution is 2.26. The Balaban J connectivity index is 1.31. The average Bonchev–Trinajstić information content (AvgIpc) is 3.37. The van der Waals surface area contributed by atoms with Gasteiger partial charge < -0.3 is 19.4 Å². The van der Waals surface area contributed by atoms with Crippen molar-refractivity contribution in [2.75, 3.05) is 31.3 Å². The van der Waals surface area contributed by atoms with Crippen molar-refractivity contribution in [2.24, 2.45) is 0 Å². The molecule has 4 rings (SSSR count). The number of nitrogens with two attached hydrogens (primary N) is 1.